The van der Waals surface area contributed by atoms with Crippen LogP contribution in [0, 0.1) is 29.4 Å². The molecular weight excluding hydrogens is 322 g/mol. The first-order chi connectivity index (χ1) is 12.2. The van der Waals surface area contributed by atoms with Crippen LogP contribution in [0.5, 0.6) is 0 Å². The number of hydrogen-bond acceptors (Lipinski definition) is 2. The molecule has 0 radical (unpaired) electrons. The normalized spacial score (nSPS) is 20.3. The van der Waals surface area contributed by atoms with Gasteiger partial charge in [-0.15, -0.1) is 0 Å². The van der Waals surface area contributed by atoms with Gasteiger partial charge in [-0.3, -0.25) is 0 Å². The van der Waals surface area contributed by atoms with E-state index in [0.29, 0.717) is 18.8 Å². The standard InChI is InChI=1S/C21H18F2O2/c1-2-3-16-13-24-21(25-14-16)11-6-15-4-7-17(8-5-15)18-9-10-19(22)20(23)12-18/h2-5,7-10,12,16,21H,13-14H2,1H3. The van der Waals surface area contributed by atoms with Crippen molar-refractivity contribution in [3.63, 3.8) is 0 Å². The average Bonchev–Trinajstić information content (AvgIpc) is 2.64. The minimum Gasteiger partial charge on any atom is -0.341 e. The van der Waals surface area contributed by atoms with E-state index >= 15 is 0 Å². The zero-order valence-corrected chi connectivity index (χ0v) is 13.8. The second-order valence-electron chi connectivity index (χ2n) is 5.76. The van der Waals surface area contributed by atoms with Gasteiger partial charge in [-0.2, -0.15) is 0 Å². The van der Waals surface area contributed by atoms with E-state index in [1.54, 1.807) is 6.07 Å². The zero-order chi connectivity index (χ0) is 17.6. The summed E-state index contributed by atoms with van der Waals surface area (Å²) in [5, 5.41) is 0. The lowest BCUT2D eigenvalue weighted by molar-refractivity contribution is -0.160. The quantitative estimate of drug-likeness (QED) is 0.590. The number of halogens is 2. The molecule has 0 unspecified atom stereocenters. The van der Waals surface area contributed by atoms with Crippen LogP contribution in [0.15, 0.2) is 54.6 Å². The summed E-state index contributed by atoms with van der Waals surface area (Å²) in [4.78, 5) is 0. The van der Waals surface area contributed by atoms with Crippen molar-refractivity contribution in [1.29, 1.82) is 0 Å². The molecule has 3 rings (SSSR count). The third-order valence-corrected chi connectivity index (χ3v) is 3.86. The number of hydrogen-bond donors (Lipinski definition) is 0. The minimum absolute atomic E-state index is 0.276. The van der Waals surface area contributed by atoms with Gasteiger partial charge in [-0.25, -0.2) is 8.78 Å². The summed E-state index contributed by atoms with van der Waals surface area (Å²) >= 11 is 0. The van der Waals surface area contributed by atoms with Gasteiger partial charge in [0.2, 0.25) is 6.29 Å². The van der Waals surface area contributed by atoms with Crippen LogP contribution in [-0.2, 0) is 9.47 Å². The van der Waals surface area contributed by atoms with Gasteiger partial charge in [-0.1, -0.05) is 36.3 Å². The molecule has 25 heavy (non-hydrogen) atoms. The van der Waals surface area contributed by atoms with Crippen molar-refractivity contribution < 1.29 is 18.3 Å². The Morgan fingerprint density at radius 3 is 2.28 bits per heavy atom. The maximum absolute atomic E-state index is 13.3. The second-order valence-corrected chi connectivity index (χ2v) is 5.76. The topological polar surface area (TPSA) is 18.5 Å². The molecule has 0 N–H and O–H groups in total. The lowest BCUT2D eigenvalue weighted by atomic mass is 10.0. The van der Waals surface area contributed by atoms with Crippen molar-refractivity contribution in [3.05, 3.63) is 71.8 Å². The van der Waals surface area contributed by atoms with Crippen LogP contribution in [0.1, 0.15) is 12.5 Å². The molecule has 128 valence electrons. The third-order valence-electron chi connectivity index (χ3n) is 3.86. The average molecular weight is 340 g/mol. The van der Waals surface area contributed by atoms with Crippen LogP contribution in [0.2, 0.25) is 0 Å². The molecule has 2 aromatic carbocycles. The van der Waals surface area contributed by atoms with Gasteiger partial charge in [0.15, 0.2) is 11.6 Å². The van der Waals surface area contributed by atoms with Crippen LogP contribution in [0.25, 0.3) is 11.1 Å². The van der Waals surface area contributed by atoms with E-state index in [4.69, 9.17) is 9.47 Å². The summed E-state index contributed by atoms with van der Waals surface area (Å²) in [6, 6.07) is 11.1. The lowest BCUT2D eigenvalue weighted by Gasteiger charge is -2.24. The number of benzene rings is 2. The van der Waals surface area contributed by atoms with Gasteiger partial charge in [0, 0.05) is 11.5 Å². The first-order valence-electron chi connectivity index (χ1n) is 8.09. The molecule has 0 aliphatic carbocycles. The molecule has 2 nitrogen and oxygen atoms in total. The number of rotatable bonds is 2. The van der Waals surface area contributed by atoms with Crippen molar-refractivity contribution in [1.82, 2.24) is 0 Å². The molecule has 1 aliphatic heterocycles. The van der Waals surface area contributed by atoms with Crippen molar-refractivity contribution in [2.45, 2.75) is 13.2 Å². The number of allylic oxidation sites excluding steroid dienone is 1. The monoisotopic (exact) mass is 340 g/mol. The highest BCUT2D eigenvalue weighted by atomic mass is 19.2. The molecule has 0 saturated carbocycles. The minimum atomic E-state index is -0.857. The Bertz CT molecular complexity index is 808. The van der Waals surface area contributed by atoms with Crippen molar-refractivity contribution in [2.24, 2.45) is 5.92 Å². The molecule has 1 saturated heterocycles. The predicted molar refractivity (Wildman–Crippen MR) is 92.7 cm³/mol. The zero-order valence-electron chi connectivity index (χ0n) is 13.8. The molecule has 4 heteroatoms. The fourth-order valence-corrected chi connectivity index (χ4v) is 2.55. The summed E-state index contributed by atoms with van der Waals surface area (Å²) in [6.07, 6.45) is 3.52. The lowest BCUT2D eigenvalue weighted by Crippen LogP contribution is -2.30. The van der Waals surface area contributed by atoms with Crippen LogP contribution >= 0.6 is 0 Å². The van der Waals surface area contributed by atoms with Gasteiger partial charge in [-0.05, 0) is 48.2 Å². The summed E-state index contributed by atoms with van der Waals surface area (Å²) in [5.41, 5.74) is 2.21. The van der Waals surface area contributed by atoms with Crippen LogP contribution < -0.4 is 0 Å². The first kappa shape index (κ1) is 17.3. The van der Waals surface area contributed by atoms with Gasteiger partial charge >= 0.3 is 0 Å². The number of ether oxygens (including phenoxy) is 2. The molecular formula is C21H18F2O2. The van der Waals surface area contributed by atoms with Crippen LogP contribution in [-0.4, -0.2) is 19.5 Å². The van der Waals surface area contributed by atoms with Crippen LogP contribution in [0.4, 0.5) is 8.78 Å². The maximum Gasteiger partial charge on any atom is 0.222 e. The Kier molecular flexibility index (Phi) is 5.60. The van der Waals surface area contributed by atoms with E-state index in [2.05, 4.69) is 17.9 Å². The maximum atomic E-state index is 13.3. The Morgan fingerprint density at radius 2 is 1.64 bits per heavy atom. The van der Waals surface area contributed by atoms with E-state index in [-0.39, 0.29) is 5.92 Å². The molecule has 0 atom stereocenters. The molecule has 0 amide bonds. The summed E-state index contributed by atoms with van der Waals surface area (Å²) in [6.45, 7) is 3.16. The Hall–Kier alpha value is -2.48. The highest BCUT2D eigenvalue weighted by Gasteiger charge is 2.18. The van der Waals surface area contributed by atoms with E-state index < -0.39 is 17.9 Å². The summed E-state index contributed by atoms with van der Waals surface area (Å²) in [5.74, 6) is 4.52. The fourth-order valence-electron chi connectivity index (χ4n) is 2.55. The molecule has 1 heterocycles. The molecule has 0 bridgehead atoms. The van der Waals surface area contributed by atoms with Gasteiger partial charge in [0.25, 0.3) is 0 Å². The van der Waals surface area contributed by atoms with Gasteiger partial charge in [0.05, 0.1) is 13.2 Å². The largest absolute Gasteiger partial charge is 0.341 e. The van der Waals surface area contributed by atoms with Gasteiger partial charge in [0.1, 0.15) is 0 Å². The Labute approximate surface area is 146 Å². The highest BCUT2D eigenvalue weighted by molar-refractivity contribution is 5.64. The first-order valence-corrected chi connectivity index (χ1v) is 8.09. The van der Waals surface area contributed by atoms with Crippen LogP contribution in [0.3, 0.4) is 0 Å². The Balaban J connectivity index is 1.65. The molecule has 0 aromatic heterocycles. The third kappa shape index (κ3) is 4.54. The Morgan fingerprint density at radius 1 is 0.960 bits per heavy atom. The molecule has 1 aliphatic rings. The fraction of sp³-hybridized carbons (Fsp3) is 0.238. The van der Waals surface area contributed by atoms with E-state index in [1.165, 1.54) is 6.07 Å². The highest BCUT2D eigenvalue weighted by Crippen LogP contribution is 2.22. The predicted octanol–water partition coefficient (Wildman–Crippen LogP) is 4.55. The van der Waals surface area contributed by atoms with E-state index in [0.717, 1.165) is 17.2 Å². The van der Waals surface area contributed by atoms with Crippen molar-refractivity contribution >= 4 is 0 Å². The van der Waals surface area contributed by atoms with E-state index in [9.17, 15) is 8.78 Å². The summed E-state index contributed by atoms with van der Waals surface area (Å²) in [7, 11) is 0. The molecule has 0 spiro atoms. The second kappa shape index (κ2) is 8.06. The SMILES string of the molecule is CC=CC1COC(C#Cc2ccc(-c3ccc(F)c(F)c3)cc2)OC1. The molecule has 1 fully saturated rings. The van der Waals surface area contributed by atoms with Crippen molar-refractivity contribution in [2.75, 3.05) is 13.2 Å². The molecule has 2 aromatic rings. The smallest absolute Gasteiger partial charge is 0.222 e. The summed E-state index contributed by atoms with van der Waals surface area (Å²) < 4.78 is 37.4. The van der Waals surface area contributed by atoms with Crippen molar-refractivity contribution in [3.8, 4) is 23.0 Å². The van der Waals surface area contributed by atoms with E-state index in [1.807, 2.05) is 37.3 Å². The van der Waals surface area contributed by atoms with Gasteiger partial charge < -0.3 is 9.47 Å².